The molecule has 0 amide bonds. The van der Waals surface area contributed by atoms with Crippen molar-refractivity contribution in [1.82, 2.24) is 33.5 Å². The van der Waals surface area contributed by atoms with Crippen LogP contribution in [0.3, 0.4) is 0 Å². The number of nitrogens with zero attached hydrogens (tertiary/aromatic N) is 7. The van der Waals surface area contributed by atoms with Gasteiger partial charge in [0.05, 0.1) is 33.3 Å². The zero-order valence-electron chi connectivity index (χ0n) is 33.1. The number of oxazole rings is 1. The Labute approximate surface area is 354 Å². The fraction of sp³-hybridized carbons (Fsp3) is 0. The highest BCUT2D eigenvalue weighted by Crippen LogP contribution is 2.42. The van der Waals surface area contributed by atoms with Gasteiger partial charge < -0.3 is 8.98 Å². The van der Waals surface area contributed by atoms with E-state index in [9.17, 15) is 0 Å². The highest BCUT2D eigenvalue weighted by Gasteiger charge is 2.24. The Morgan fingerprint density at radius 3 is 1.52 bits per heavy atom. The number of fused-ring (bicyclic) bond motifs is 9. The lowest BCUT2D eigenvalue weighted by Crippen LogP contribution is -2.06. The van der Waals surface area contributed by atoms with Crippen molar-refractivity contribution in [2.24, 2.45) is 0 Å². The van der Waals surface area contributed by atoms with E-state index in [1.807, 2.05) is 78.9 Å². The second-order valence-corrected chi connectivity index (χ2v) is 15.5. The van der Waals surface area contributed by atoms with Crippen molar-refractivity contribution in [3.05, 3.63) is 200 Å². The molecule has 0 aliphatic carbocycles. The smallest absolute Gasteiger partial charge is 0.307 e. The topological polar surface area (TPSA) is 79.0 Å². The molecule has 8 aromatic carbocycles. The Bertz CT molecular complexity index is 3800. The first-order chi connectivity index (χ1) is 30.7. The summed E-state index contributed by atoms with van der Waals surface area (Å²) in [7, 11) is 0. The van der Waals surface area contributed by atoms with E-state index >= 15 is 0 Å². The van der Waals surface area contributed by atoms with Gasteiger partial charge in [-0.2, -0.15) is 15.0 Å². The quantitative estimate of drug-likeness (QED) is 0.167. The molecule has 0 bridgehead atoms. The highest BCUT2D eigenvalue weighted by atomic mass is 16.4. The SMILES string of the molecule is c1ccc(-c2nc(-c3ccccc3)nc(-n3c4ccccc4c4cc(-c5nc6oc7ccccc7n6c5-c5ccc6c(c5)c5ccccc5n6-c5ccccc5)ccc43)n2)cc1. The zero-order chi connectivity index (χ0) is 40.7. The average Bonchev–Trinajstić information content (AvgIpc) is 4.08. The standard InChI is InChI=1S/C54H33N7O/c1-4-16-34(17-5-1)51-56-52(35-18-6-2-7-19-35)58-53(57-51)60-44-25-13-11-23-40(44)41-32-36(28-30-46(41)60)49-50(61-47-26-14-15-27-48(47)62-54(61)55-49)37-29-31-45-42(33-37)39-22-10-12-24-43(39)59(45)38-20-8-3-9-21-38/h1-33H. The molecule has 290 valence electrons. The lowest BCUT2D eigenvalue weighted by atomic mass is 10.0. The molecule has 0 saturated carbocycles. The maximum Gasteiger partial charge on any atom is 0.307 e. The molecule has 62 heavy (non-hydrogen) atoms. The van der Waals surface area contributed by atoms with Gasteiger partial charge >= 0.3 is 5.84 Å². The summed E-state index contributed by atoms with van der Waals surface area (Å²) in [5.74, 6) is 2.31. The minimum absolute atomic E-state index is 0.539. The van der Waals surface area contributed by atoms with Gasteiger partial charge in [-0.05, 0) is 60.7 Å². The monoisotopic (exact) mass is 795 g/mol. The van der Waals surface area contributed by atoms with Crippen LogP contribution in [0.15, 0.2) is 205 Å². The third kappa shape index (κ3) is 5.20. The van der Waals surface area contributed by atoms with Crippen LogP contribution in [0.25, 0.3) is 117 Å². The van der Waals surface area contributed by atoms with E-state index in [-0.39, 0.29) is 0 Å². The summed E-state index contributed by atoms with van der Waals surface area (Å²) in [6.45, 7) is 0. The van der Waals surface area contributed by atoms with Crippen LogP contribution in [-0.2, 0) is 0 Å². The van der Waals surface area contributed by atoms with Crippen LogP contribution in [0.5, 0.6) is 0 Å². The van der Waals surface area contributed by atoms with Gasteiger partial charge in [-0.1, -0.05) is 140 Å². The normalized spacial score (nSPS) is 11.9. The van der Waals surface area contributed by atoms with Crippen molar-refractivity contribution < 1.29 is 4.42 Å². The van der Waals surface area contributed by atoms with Crippen LogP contribution >= 0.6 is 0 Å². The van der Waals surface area contributed by atoms with Crippen molar-refractivity contribution in [1.29, 1.82) is 0 Å². The van der Waals surface area contributed by atoms with Gasteiger partial charge in [0.25, 0.3) is 0 Å². The van der Waals surface area contributed by atoms with Crippen molar-refractivity contribution in [3.8, 4) is 56.9 Å². The summed E-state index contributed by atoms with van der Waals surface area (Å²) < 4.78 is 13.1. The molecule has 13 rings (SSSR count). The lowest BCUT2D eigenvalue weighted by Gasteiger charge is -2.11. The number of imidazole rings is 1. The van der Waals surface area contributed by atoms with Gasteiger partial charge in [-0.25, -0.2) is 4.98 Å². The second kappa shape index (κ2) is 13.5. The van der Waals surface area contributed by atoms with E-state index in [2.05, 4.69) is 135 Å². The summed E-state index contributed by atoms with van der Waals surface area (Å²) in [5, 5.41) is 4.49. The Kier molecular flexibility index (Phi) is 7.43. The predicted molar refractivity (Wildman–Crippen MR) is 249 cm³/mol. The fourth-order valence-electron chi connectivity index (χ4n) is 9.19. The van der Waals surface area contributed by atoms with Crippen LogP contribution < -0.4 is 0 Å². The molecule has 5 heterocycles. The second-order valence-electron chi connectivity index (χ2n) is 15.5. The minimum Gasteiger partial charge on any atom is -0.423 e. The molecule has 0 aliphatic rings. The van der Waals surface area contributed by atoms with Gasteiger partial charge in [-0.15, -0.1) is 0 Å². The first-order valence-corrected chi connectivity index (χ1v) is 20.6. The molecule has 8 nitrogen and oxygen atoms in total. The largest absolute Gasteiger partial charge is 0.423 e. The van der Waals surface area contributed by atoms with Crippen molar-refractivity contribution in [3.63, 3.8) is 0 Å². The van der Waals surface area contributed by atoms with E-state index in [0.717, 1.165) is 88.7 Å². The van der Waals surface area contributed by atoms with E-state index in [4.69, 9.17) is 24.4 Å². The Morgan fingerprint density at radius 2 is 0.855 bits per heavy atom. The molecule has 0 N–H and O–H groups in total. The molecular formula is C54H33N7O. The van der Waals surface area contributed by atoms with Crippen LogP contribution in [0.1, 0.15) is 0 Å². The summed E-state index contributed by atoms with van der Waals surface area (Å²) in [4.78, 5) is 20.5. The van der Waals surface area contributed by atoms with Crippen molar-refractivity contribution >= 4 is 60.6 Å². The van der Waals surface area contributed by atoms with Crippen LogP contribution in [-0.4, -0.2) is 33.5 Å². The molecule has 0 radical (unpaired) electrons. The van der Waals surface area contributed by atoms with E-state index in [1.54, 1.807) is 0 Å². The summed E-state index contributed by atoms with van der Waals surface area (Å²) in [6, 6.07) is 69.3. The zero-order valence-corrected chi connectivity index (χ0v) is 33.1. The molecule has 0 spiro atoms. The third-order valence-electron chi connectivity index (χ3n) is 11.9. The first-order valence-electron chi connectivity index (χ1n) is 20.6. The van der Waals surface area contributed by atoms with Crippen LogP contribution in [0.2, 0.25) is 0 Å². The number of benzene rings is 8. The van der Waals surface area contributed by atoms with Crippen molar-refractivity contribution in [2.75, 3.05) is 0 Å². The van der Waals surface area contributed by atoms with E-state index < -0.39 is 0 Å². The van der Waals surface area contributed by atoms with Gasteiger partial charge in [0, 0.05) is 49.5 Å². The summed E-state index contributed by atoms with van der Waals surface area (Å²) >= 11 is 0. The number of aromatic nitrogens is 7. The molecule has 0 unspecified atom stereocenters. The summed E-state index contributed by atoms with van der Waals surface area (Å²) in [5.41, 5.74) is 12.8. The average molecular weight is 796 g/mol. The molecular weight excluding hydrogens is 763 g/mol. The molecule has 8 heteroatoms. The molecule has 0 fully saturated rings. The van der Waals surface area contributed by atoms with Gasteiger partial charge in [-0.3, -0.25) is 8.97 Å². The van der Waals surface area contributed by atoms with Crippen LogP contribution in [0, 0.1) is 0 Å². The predicted octanol–water partition coefficient (Wildman–Crippen LogP) is 13.1. The van der Waals surface area contributed by atoms with E-state index in [1.165, 1.54) is 5.39 Å². The van der Waals surface area contributed by atoms with E-state index in [0.29, 0.717) is 23.4 Å². The Hall–Kier alpha value is -8.62. The van der Waals surface area contributed by atoms with Crippen LogP contribution in [0.4, 0.5) is 0 Å². The summed E-state index contributed by atoms with van der Waals surface area (Å²) in [6.07, 6.45) is 0. The molecule has 5 aromatic heterocycles. The number of hydrogen-bond donors (Lipinski definition) is 0. The third-order valence-corrected chi connectivity index (χ3v) is 11.9. The fourth-order valence-corrected chi connectivity index (χ4v) is 9.19. The Morgan fingerprint density at radius 1 is 0.355 bits per heavy atom. The minimum atomic E-state index is 0.539. The molecule has 0 aliphatic heterocycles. The lowest BCUT2D eigenvalue weighted by molar-refractivity contribution is 0.642. The highest BCUT2D eigenvalue weighted by molar-refractivity contribution is 6.12. The number of para-hydroxylation sites is 5. The number of rotatable bonds is 6. The van der Waals surface area contributed by atoms with Crippen molar-refractivity contribution in [2.45, 2.75) is 0 Å². The van der Waals surface area contributed by atoms with Gasteiger partial charge in [0.15, 0.2) is 17.2 Å². The maximum atomic E-state index is 6.47. The first kappa shape index (κ1) is 34.3. The van der Waals surface area contributed by atoms with Gasteiger partial charge in [0.1, 0.15) is 5.69 Å². The molecule has 0 saturated heterocycles. The Balaban J connectivity index is 1.04. The molecule has 13 aromatic rings. The van der Waals surface area contributed by atoms with Gasteiger partial charge in [0.2, 0.25) is 5.95 Å². The number of hydrogen-bond acceptors (Lipinski definition) is 5. The molecule has 0 atom stereocenters. The maximum absolute atomic E-state index is 6.47.